The number of hydrogen-bond donors (Lipinski definition) is 2. The molecule has 0 saturated carbocycles. The molecule has 0 aliphatic carbocycles. The van der Waals surface area contributed by atoms with E-state index in [0.29, 0.717) is 35.9 Å². The third kappa shape index (κ3) is 5.19. The Hall–Kier alpha value is -3.11. The van der Waals surface area contributed by atoms with Gasteiger partial charge in [-0.05, 0) is 32.0 Å². The summed E-state index contributed by atoms with van der Waals surface area (Å²) in [4.78, 5) is 10.7. The molecule has 1 aliphatic rings. The quantitative estimate of drug-likeness (QED) is 0.478. The predicted molar refractivity (Wildman–Crippen MR) is 108 cm³/mol. The summed E-state index contributed by atoms with van der Waals surface area (Å²) in [7, 11) is 0. The molecule has 7 nitrogen and oxygen atoms in total. The fourth-order valence-electron chi connectivity index (χ4n) is 2.68. The van der Waals surface area contributed by atoms with Crippen LogP contribution in [0.25, 0.3) is 0 Å². The first kappa shape index (κ1) is 20.2. The summed E-state index contributed by atoms with van der Waals surface area (Å²) in [5.41, 5.74) is 7.98. The number of hydrogen-bond acceptors (Lipinski definition) is 7. The van der Waals surface area contributed by atoms with Crippen molar-refractivity contribution < 1.29 is 9.47 Å². The number of aromatic nitrogens is 2. The molecule has 3 N–H and O–H groups in total. The summed E-state index contributed by atoms with van der Waals surface area (Å²) in [6, 6.07) is 7.17. The van der Waals surface area contributed by atoms with Crippen LogP contribution < -0.4 is 15.4 Å². The molecule has 27 heavy (non-hydrogen) atoms. The molecule has 1 aromatic carbocycles. The van der Waals surface area contributed by atoms with Gasteiger partial charge in [-0.2, -0.15) is 0 Å². The van der Waals surface area contributed by atoms with Crippen LogP contribution in [-0.4, -0.2) is 48.1 Å². The van der Waals surface area contributed by atoms with E-state index in [2.05, 4.69) is 27.7 Å². The van der Waals surface area contributed by atoms with Gasteiger partial charge in [0, 0.05) is 30.4 Å². The summed E-state index contributed by atoms with van der Waals surface area (Å²) in [6.45, 7) is 6.84. The SMILES string of the molecule is C#C.CC(C)Oc1ccc(N)c(C(=N)c2cc(N3CCOCC3)ncn2)c1. The predicted octanol–water partition coefficient (Wildman–Crippen LogP) is 2.35. The fraction of sp³-hybridized carbons (Fsp3) is 0.350. The first-order chi connectivity index (χ1) is 13.0. The van der Waals surface area contributed by atoms with Crippen LogP contribution in [0.4, 0.5) is 11.5 Å². The molecule has 0 unspecified atom stereocenters. The zero-order valence-electron chi connectivity index (χ0n) is 15.7. The number of nitrogen functional groups attached to an aromatic ring is 1. The van der Waals surface area contributed by atoms with Gasteiger partial charge in [-0.15, -0.1) is 12.8 Å². The van der Waals surface area contributed by atoms with Gasteiger partial charge in [-0.25, -0.2) is 9.97 Å². The molecule has 7 heteroatoms. The van der Waals surface area contributed by atoms with Gasteiger partial charge in [0.05, 0.1) is 30.7 Å². The molecule has 0 amide bonds. The molecule has 2 aromatic rings. The number of morpholine rings is 1. The second-order valence-corrected chi connectivity index (χ2v) is 6.15. The zero-order chi connectivity index (χ0) is 19.8. The van der Waals surface area contributed by atoms with Crippen LogP contribution in [0.3, 0.4) is 0 Å². The fourth-order valence-corrected chi connectivity index (χ4v) is 2.68. The van der Waals surface area contributed by atoms with Crippen LogP contribution in [0.15, 0.2) is 30.6 Å². The highest BCUT2D eigenvalue weighted by Gasteiger charge is 2.16. The third-order valence-corrected chi connectivity index (χ3v) is 3.91. The van der Waals surface area contributed by atoms with Crippen molar-refractivity contribution in [2.45, 2.75) is 20.0 Å². The number of anilines is 2. The number of ether oxygens (including phenoxy) is 2. The van der Waals surface area contributed by atoms with Gasteiger partial charge >= 0.3 is 0 Å². The van der Waals surface area contributed by atoms with E-state index in [-0.39, 0.29) is 11.8 Å². The molecule has 0 radical (unpaired) electrons. The Bertz CT molecular complexity index is 798. The number of rotatable bonds is 5. The van der Waals surface area contributed by atoms with Crippen LogP contribution in [0.2, 0.25) is 0 Å². The molecule has 0 spiro atoms. The highest BCUT2D eigenvalue weighted by molar-refractivity contribution is 6.13. The van der Waals surface area contributed by atoms with Crippen LogP contribution in [0.5, 0.6) is 5.75 Å². The lowest BCUT2D eigenvalue weighted by Crippen LogP contribution is -2.36. The maximum absolute atomic E-state index is 8.53. The van der Waals surface area contributed by atoms with Crippen molar-refractivity contribution in [2.24, 2.45) is 0 Å². The average Bonchev–Trinajstić information content (AvgIpc) is 2.71. The van der Waals surface area contributed by atoms with E-state index in [9.17, 15) is 0 Å². The van der Waals surface area contributed by atoms with Gasteiger partial charge < -0.3 is 20.1 Å². The molecule has 0 atom stereocenters. The lowest BCUT2D eigenvalue weighted by atomic mass is 10.0. The minimum absolute atomic E-state index is 0.0534. The topological polar surface area (TPSA) is 97.4 Å². The van der Waals surface area contributed by atoms with Crippen LogP contribution in [0.1, 0.15) is 25.1 Å². The van der Waals surface area contributed by atoms with E-state index in [1.54, 1.807) is 12.1 Å². The average molecular weight is 367 g/mol. The second kappa shape index (κ2) is 9.55. The standard InChI is InChI=1S/C18H23N5O2.C2H2/c1-12(2)25-13-3-4-15(19)14(9-13)18(20)16-10-17(22-11-21-16)23-5-7-24-8-6-23;1-2/h3-4,9-12,20H,5-8,19H2,1-2H3;1-2H. The Morgan fingerprint density at radius 3 is 2.59 bits per heavy atom. The molecule has 0 bridgehead atoms. The van der Waals surface area contributed by atoms with Crippen LogP contribution >= 0.6 is 0 Å². The summed E-state index contributed by atoms with van der Waals surface area (Å²) in [5.74, 6) is 1.48. The van der Waals surface area contributed by atoms with Gasteiger partial charge in [-0.3, -0.25) is 5.41 Å². The van der Waals surface area contributed by atoms with Crippen molar-refractivity contribution in [1.82, 2.24) is 9.97 Å². The molecular formula is C20H25N5O2. The van der Waals surface area contributed by atoms with Gasteiger partial charge in [0.25, 0.3) is 0 Å². The van der Waals surface area contributed by atoms with Crippen LogP contribution in [-0.2, 0) is 4.74 Å². The van der Waals surface area contributed by atoms with Crippen molar-refractivity contribution in [3.05, 3.63) is 41.9 Å². The van der Waals surface area contributed by atoms with Gasteiger partial charge in [0.1, 0.15) is 17.9 Å². The molecule has 1 saturated heterocycles. The zero-order valence-corrected chi connectivity index (χ0v) is 15.7. The number of nitrogens with zero attached hydrogens (tertiary/aromatic N) is 3. The largest absolute Gasteiger partial charge is 0.491 e. The second-order valence-electron chi connectivity index (χ2n) is 6.15. The first-order valence-corrected chi connectivity index (χ1v) is 8.68. The number of benzene rings is 1. The van der Waals surface area contributed by atoms with Gasteiger partial charge in [0.2, 0.25) is 0 Å². The Balaban J connectivity index is 0.00000126. The van der Waals surface area contributed by atoms with E-state index in [4.69, 9.17) is 20.6 Å². The first-order valence-electron chi connectivity index (χ1n) is 8.68. The van der Waals surface area contributed by atoms with Crippen molar-refractivity contribution in [3.8, 4) is 18.6 Å². The van der Waals surface area contributed by atoms with Crippen molar-refractivity contribution >= 4 is 17.2 Å². The Morgan fingerprint density at radius 2 is 1.93 bits per heavy atom. The van der Waals surface area contributed by atoms with Crippen LogP contribution in [0, 0.1) is 18.3 Å². The van der Waals surface area contributed by atoms with Crippen molar-refractivity contribution in [2.75, 3.05) is 36.9 Å². The van der Waals surface area contributed by atoms with E-state index in [1.807, 2.05) is 26.0 Å². The lowest BCUT2D eigenvalue weighted by molar-refractivity contribution is 0.122. The number of nitrogens with one attached hydrogen (secondary N) is 1. The minimum Gasteiger partial charge on any atom is -0.491 e. The summed E-state index contributed by atoms with van der Waals surface area (Å²) in [5, 5.41) is 8.53. The van der Waals surface area contributed by atoms with Crippen molar-refractivity contribution in [1.29, 1.82) is 5.41 Å². The van der Waals surface area contributed by atoms with Gasteiger partial charge in [-0.1, -0.05) is 0 Å². The smallest absolute Gasteiger partial charge is 0.132 e. The lowest BCUT2D eigenvalue weighted by Gasteiger charge is -2.27. The molecule has 142 valence electrons. The van der Waals surface area contributed by atoms with E-state index < -0.39 is 0 Å². The Labute approximate surface area is 160 Å². The molecular weight excluding hydrogens is 342 g/mol. The summed E-state index contributed by atoms with van der Waals surface area (Å²) >= 11 is 0. The molecule has 1 aromatic heterocycles. The maximum Gasteiger partial charge on any atom is 0.132 e. The number of terminal acetylenes is 1. The molecule has 1 fully saturated rings. The summed E-state index contributed by atoms with van der Waals surface area (Å²) < 4.78 is 11.1. The highest BCUT2D eigenvalue weighted by atomic mass is 16.5. The molecule has 1 aliphatic heterocycles. The molecule has 2 heterocycles. The molecule has 3 rings (SSSR count). The monoisotopic (exact) mass is 367 g/mol. The number of nitrogens with two attached hydrogens (primary N) is 1. The van der Waals surface area contributed by atoms with E-state index in [0.717, 1.165) is 18.9 Å². The summed E-state index contributed by atoms with van der Waals surface area (Å²) in [6.07, 6.45) is 9.54. The van der Waals surface area contributed by atoms with Crippen molar-refractivity contribution in [3.63, 3.8) is 0 Å². The highest BCUT2D eigenvalue weighted by Crippen LogP contribution is 2.24. The Kier molecular flexibility index (Phi) is 7.15. The normalized spacial score (nSPS) is 13.6. The van der Waals surface area contributed by atoms with Gasteiger partial charge in [0.15, 0.2) is 0 Å². The van der Waals surface area contributed by atoms with E-state index in [1.165, 1.54) is 6.33 Å². The Morgan fingerprint density at radius 1 is 1.22 bits per heavy atom. The van der Waals surface area contributed by atoms with E-state index >= 15 is 0 Å². The minimum atomic E-state index is 0.0534. The third-order valence-electron chi connectivity index (χ3n) is 3.91. The maximum atomic E-state index is 8.53.